The van der Waals surface area contributed by atoms with E-state index >= 15 is 0 Å². The smallest absolute Gasteiger partial charge is 0.294 e. The van der Waals surface area contributed by atoms with Crippen LogP contribution in [0.5, 0.6) is 5.75 Å². The highest BCUT2D eigenvalue weighted by molar-refractivity contribution is 6.02. The van der Waals surface area contributed by atoms with Crippen LogP contribution < -0.4 is 11.0 Å². The largest absolute Gasteiger partial charge is 0.508 e. The maximum Gasteiger partial charge on any atom is 0.294 e. The molecule has 0 aliphatic carbocycles. The van der Waals surface area contributed by atoms with Crippen molar-refractivity contribution in [1.29, 1.82) is 0 Å². The van der Waals surface area contributed by atoms with Crippen LogP contribution in [0, 0.1) is 0 Å². The lowest BCUT2D eigenvalue weighted by Gasteiger charge is -2.03. The van der Waals surface area contributed by atoms with E-state index in [0.717, 1.165) is 0 Å². The first-order valence-electron chi connectivity index (χ1n) is 6.83. The summed E-state index contributed by atoms with van der Waals surface area (Å²) in [7, 11) is 0. The van der Waals surface area contributed by atoms with Gasteiger partial charge in [0, 0.05) is 17.6 Å². The molecule has 0 aliphatic heterocycles. The summed E-state index contributed by atoms with van der Waals surface area (Å²) in [6.07, 6.45) is 1.56. The van der Waals surface area contributed by atoms with Gasteiger partial charge in [0.15, 0.2) is 5.43 Å². The quantitative estimate of drug-likeness (QED) is 0.465. The summed E-state index contributed by atoms with van der Waals surface area (Å²) < 4.78 is 2.09. The zero-order valence-electron chi connectivity index (χ0n) is 11.7. The second-order valence-corrected chi connectivity index (χ2v) is 5.21. The second-order valence-electron chi connectivity index (χ2n) is 5.21. The number of aromatic hydroxyl groups is 1. The van der Waals surface area contributed by atoms with Crippen LogP contribution in [-0.2, 0) is 0 Å². The van der Waals surface area contributed by atoms with E-state index < -0.39 is 5.56 Å². The van der Waals surface area contributed by atoms with Crippen molar-refractivity contribution in [3.05, 3.63) is 69.2 Å². The van der Waals surface area contributed by atoms with E-state index in [-0.39, 0.29) is 22.1 Å². The van der Waals surface area contributed by atoms with Gasteiger partial charge < -0.3 is 10.3 Å². The first-order chi connectivity index (χ1) is 11.0. The number of nitrogens with zero attached hydrogens (tertiary/aromatic N) is 2. The molecule has 0 saturated heterocycles. The van der Waals surface area contributed by atoms with Crippen LogP contribution in [0.1, 0.15) is 0 Å². The van der Waals surface area contributed by atoms with Crippen LogP contribution in [0.15, 0.2) is 58.3 Å². The molecule has 0 spiro atoms. The Morgan fingerprint density at radius 3 is 2.43 bits per heavy atom. The van der Waals surface area contributed by atoms with Crippen LogP contribution in [0.4, 0.5) is 0 Å². The van der Waals surface area contributed by atoms with Crippen LogP contribution >= 0.6 is 0 Å². The highest BCUT2D eigenvalue weighted by atomic mass is 16.5. The molecule has 0 atom stereocenters. The van der Waals surface area contributed by atoms with Crippen molar-refractivity contribution >= 4 is 21.8 Å². The molecule has 0 bridgehead atoms. The fourth-order valence-corrected chi connectivity index (χ4v) is 2.65. The van der Waals surface area contributed by atoms with E-state index in [2.05, 4.69) is 5.10 Å². The number of nitrogens with one attached hydrogen (secondary N) is 1. The van der Waals surface area contributed by atoms with Crippen LogP contribution in [0.25, 0.3) is 27.5 Å². The zero-order valence-corrected chi connectivity index (χ0v) is 11.7. The fourth-order valence-electron chi connectivity index (χ4n) is 2.65. The van der Waals surface area contributed by atoms with Crippen LogP contribution in [0.2, 0.25) is 0 Å². The standard InChI is InChI=1S/C16H11N3O4/c20-10-3-1-9(2-4-10)18-8-13-15(17-18)12-6-5-11(21)7-14(12)19(23)16(13)22/h1-8,17,20,23H. The minimum absolute atomic E-state index is 0.136. The van der Waals surface area contributed by atoms with E-state index in [1.807, 2.05) is 0 Å². The maximum absolute atomic E-state index is 12.3. The molecule has 2 aromatic carbocycles. The number of aromatic amines is 1. The lowest BCUT2D eigenvalue weighted by atomic mass is 10.1. The molecule has 3 N–H and O–H groups in total. The van der Waals surface area contributed by atoms with Gasteiger partial charge in [-0.1, -0.05) is 0 Å². The highest BCUT2D eigenvalue weighted by Gasteiger charge is 2.13. The van der Waals surface area contributed by atoms with Gasteiger partial charge in [0.05, 0.1) is 22.1 Å². The van der Waals surface area contributed by atoms with Crippen molar-refractivity contribution in [2.24, 2.45) is 0 Å². The molecular formula is C16H11N3O4. The molecule has 4 aromatic rings. The highest BCUT2D eigenvalue weighted by Crippen LogP contribution is 2.22. The Labute approximate surface area is 128 Å². The Balaban J connectivity index is 2.11. The molecule has 23 heavy (non-hydrogen) atoms. The molecular weight excluding hydrogens is 298 g/mol. The summed E-state index contributed by atoms with van der Waals surface area (Å²) in [5, 5.41) is 23.3. The van der Waals surface area contributed by atoms with Crippen molar-refractivity contribution in [2.45, 2.75) is 0 Å². The van der Waals surface area contributed by atoms with Gasteiger partial charge in [0.25, 0.3) is 5.56 Å². The SMILES string of the molecule is O=c1ccc2c3[nH]n(-c4ccc(O)cc4)cc3c(=O)n(O)c2c1. The van der Waals surface area contributed by atoms with Gasteiger partial charge in [-0.05, 0) is 36.4 Å². The van der Waals surface area contributed by atoms with E-state index in [4.69, 9.17) is 0 Å². The van der Waals surface area contributed by atoms with Crippen molar-refractivity contribution in [2.75, 3.05) is 0 Å². The number of H-pyrrole nitrogens is 1. The fraction of sp³-hybridized carbons (Fsp3) is 0. The monoisotopic (exact) mass is 309 g/mol. The first-order valence-corrected chi connectivity index (χ1v) is 6.83. The number of hydrogen-bond donors (Lipinski definition) is 3. The number of benzene rings is 2. The normalized spacial score (nSPS) is 11.3. The Kier molecular flexibility index (Phi) is 2.59. The van der Waals surface area contributed by atoms with Crippen molar-refractivity contribution < 1.29 is 10.3 Å². The Bertz CT molecular complexity index is 1170. The molecule has 0 aliphatic rings. The lowest BCUT2D eigenvalue weighted by molar-refractivity contribution is 0.190. The van der Waals surface area contributed by atoms with Crippen LogP contribution in [0.3, 0.4) is 0 Å². The third kappa shape index (κ3) is 1.90. The van der Waals surface area contributed by atoms with Gasteiger partial charge >= 0.3 is 0 Å². The van der Waals surface area contributed by atoms with Gasteiger partial charge in [-0.2, -0.15) is 0 Å². The topological polar surface area (TPSA) is 100 Å². The van der Waals surface area contributed by atoms with Gasteiger partial charge in [-0.3, -0.25) is 19.4 Å². The van der Waals surface area contributed by atoms with Gasteiger partial charge in [-0.25, -0.2) is 0 Å². The van der Waals surface area contributed by atoms with E-state index in [9.17, 15) is 19.9 Å². The summed E-state index contributed by atoms with van der Waals surface area (Å²) in [4.78, 5) is 23.8. The van der Waals surface area contributed by atoms with E-state index in [1.54, 1.807) is 29.1 Å². The summed E-state index contributed by atoms with van der Waals surface area (Å²) in [5.41, 5.74) is 0.457. The predicted molar refractivity (Wildman–Crippen MR) is 84.5 cm³/mol. The molecule has 0 unspecified atom stereocenters. The van der Waals surface area contributed by atoms with E-state index in [0.29, 0.717) is 21.3 Å². The molecule has 4 rings (SSSR count). The molecule has 114 valence electrons. The number of fused-ring (bicyclic) bond motifs is 3. The third-order valence-electron chi connectivity index (χ3n) is 3.78. The summed E-state index contributed by atoms with van der Waals surface area (Å²) >= 11 is 0. The number of phenols is 1. The van der Waals surface area contributed by atoms with Crippen molar-refractivity contribution in [3.63, 3.8) is 0 Å². The number of aromatic nitrogens is 3. The molecule has 0 amide bonds. The van der Waals surface area contributed by atoms with Gasteiger partial charge in [0.2, 0.25) is 0 Å². The number of phenolic OH excluding ortho intramolecular Hbond substituents is 1. The Morgan fingerprint density at radius 2 is 1.70 bits per heavy atom. The molecule has 7 nitrogen and oxygen atoms in total. The van der Waals surface area contributed by atoms with Crippen molar-refractivity contribution in [3.8, 4) is 11.4 Å². The maximum atomic E-state index is 12.3. The number of hydrogen-bond acceptors (Lipinski definition) is 4. The molecule has 2 heterocycles. The average molecular weight is 309 g/mol. The van der Waals surface area contributed by atoms with Gasteiger partial charge in [-0.15, -0.1) is 4.73 Å². The zero-order chi connectivity index (χ0) is 16.1. The second kappa shape index (κ2) is 4.51. The van der Waals surface area contributed by atoms with Crippen LogP contribution in [-0.4, -0.2) is 24.8 Å². The predicted octanol–water partition coefficient (Wildman–Crippen LogP) is 1.58. The summed E-state index contributed by atoms with van der Waals surface area (Å²) in [6, 6.07) is 10.6. The molecule has 0 fully saturated rings. The molecule has 0 saturated carbocycles. The average Bonchev–Trinajstić information content (AvgIpc) is 2.98. The summed E-state index contributed by atoms with van der Waals surface area (Å²) in [5.74, 6) is 0.136. The number of pyridine rings is 1. The minimum Gasteiger partial charge on any atom is -0.508 e. The number of rotatable bonds is 1. The molecule has 7 heteroatoms. The third-order valence-corrected chi connectivity index (χ3v) is 3.78. The minimum atomic E-state index is -0.619. The van der Waals surface area contributed by atoms with Crippen molar-refractivity contribution in [1.82, 2.24) is 14.5 Å². The Morgan fingerprint density at radius 1 is 0.957 bits per heavy atom. The molecule has 0 radical (unpaired) electrons. The van der Waals surface area contributed by atoms with E-state index in [1.165, 1.54) is 24.3 Å². The molecule has 2 aromatic heterocycles. The summed E-state index contributed by atoms with van der Waals surface area (Å²) in [6.45, 7) is 0. The van der Waals surface area contributed by atoms with Gasteiger partial charge in [0.1, 0.15) is 5.75 Å². The lowest BCUT2D eigenvalue weighted by Crippen LogP contribution is -2.18. The Hall–Kier alpha value is -3.48. The first kappa shape index (κ1) is 13.2.